The second kappa shape index (κ2) is 7.09. The maximum Gasteiger partial charge on any atom is 0.111 e. The molecule has 0 aliphatic carbocycles. The molecule has 1 N–H and O–H groups in total. The number of hydrogen-bond acceptors (Lipinski definition) is 2. The quantitative estimate of drug-likeness (QED) is 0.874. The molecule has 1 fully saturated rings. The predicted molar refractivity (Wildman–Crippen MR) is 67.2 cm³/mol. The summed E-state index contributed by atoms with van der Waals surface area (Å²) >= 11 is 0. The van der Waals surface area contributed by atoms with Gasteiger partial charge in [0.05, 0.1) is 0 Å². The number of halogens is 2. The molecule has 3 nitrogen and oxygen atoms in total. The predicted octanol–water partition coefficient (Wildman–Crippen LogP) is 2.21. The number of imidazole rings is 1. The molecule has 0 radical (unpaired) electrons. The normalized spacial score (nSPS) is 16.6. The number of hydrogen-bond donors (Lipinski definition) is 1. The third kappa shape index (κ3) is 3.37. The van der Waals surface area contributed by atoms with Crippen molar-refractivity contribution in [3.8, 4) is 0 Å². The molecule has 2 heterocycles. The van der Waals surface area contributed by atoms with Gasteiger partial charge in [-0.15, -0.1) is 24.8 Å². The molecule has 2 rings (SSSR count). The van der Waals surface area contributed by atoms with Crippen LogP contribution < -0.4 is 5.32 Å². The third-order valence-corrected chi connectivity index (χ3v) is 2.79. The Morgan fingerprint density at radius 2 is 2.07 bits per heavy atom. The van der Waals surface area contributed by atoms with E-state index in [4.69, 9.17) is 0 Å². The minimum absolute atomic E-state index is 0. The average molecular weight is 252 g/mol. The summed E-state index contributed by atoms with van der Waals surface area (Å²) in [5.74, 6) is 1.96. The van der Waals surface area contributed by atoms with Gasteiger partial charge in [-0.25, -0.2) is 4.98 Å². The van der Waals surface area contributed by atoms with Crippen LogP contribution in [0.4, 0.5) is 0 Å². The third-order valence-electron chi connectivity index (χ3n) is 2.79. The molecule has 0 aromatic carbocycles. The SMILES string of the molecule is CCn1ccnc1C1CCNCC1.Cl.Cl. The summed E-state index contributed by atoms with van der Waals surface area (Å²) in [5.41, 5.74) is 0. The highest BCUT2D eigenvalue weighted by Gasteiger charge is 2.18. The van der Waals surface area contributed by atoms with Crippen molar-refractivity contribution < 1.29 is 0 Å². The Bertz CT molecular complexity index is 269. The molecular formula is C10H19Cl2N3. The molecule has 1 aromatic rings. The van der Waals surface area contributed by atoms with Crippen LogP contribution in [0.25, 0.3) is 0 Å². The van der Waals surface area contributed by atoms with Crippen molar-refractivity contribution in [1.29, 1.82) is 0 Å². The van der Waals surface area contributed by atoms with Gasteiger partial charge in [-0.1, -0.05) is 0 Å². The molecule has 0 unspecified atom stereocenters. The lowest BCUT2D eigenvalue weighted by molar-refractivity contribution is 0.432. The van der Waals surface area contributed by atoms with Crippen molar-refractivity contribution >= 4 is 24.8 Å². The van der Waals surface area contributed by atoms with Gasteiger partial charge in [-0.3, -0.25) is 0 Å². The van der Waals surface area contributed by atoms with Gasteiger partial charge in [0.25, 0.3) is 0 Å². The van der Waals surface area contributed by atoms with Crippen LogP contribution in [0.1, 0.15) is 31.5 Å². The summed E-state index contributed by atoms with van der Waals surface area (Å²) in [6.45, 7) is 5.49. The molecule has 0 bridgehead atoms. The fourth-order valence-electron chi connectivity index (χ4n) is 2.03. The van der Waals surface area contributed by atoms with E-state index in [0.29, 0.717) is 5.92 Å². The Morgan fingerprint density at radius 3 is 2.67 bits per heavy atom. The number of aryl methyl sites for hydroxylation is 1. The summed E-state index contributed by atoms with van der Waals surface area (Å²) < 4.78 is 2.26. The summed E-state index contributed by atoms with van der Waals surface area (Å²) in [4.78, 5) is 4.45. The molecule has 0 amide bonds. The largest absolute Gasteiger partial charge is 0.335 e. The second-order valence-electron chi connectivity index (χ2n) is 3.60. The van der Waals surface area contributed by atoms with E-state index in [9.17, 15) is 0 Å². The number of piperidine rings is 1. The topological polar surface area (TPSA) is 29.9 Å². The van der Waals surface area contributed by atoms with Gasteiger partial charge >= 0.3 is 0 Å². The first-order valence-electron chi connectivity index (χ1n) is 5.13. The molecule has 1 aliphatic heterocycles. The van der Waals surface area contributed by atoms with Gasteiger partial charge in [0, 0.05) is 24.9 Å². The van der Waals surface area contributed by atoms with E-state index in [1.807, 2.05) is 6.20 Å². The van der Waals surface area contributed by atoms with Crippen LogP contribution in [0.2, 0.25) is 0 Å². The lowest BCUT2D eigenvalue weighted by Crippen LogP contribution is -2.28. The van der Waals surface area contributed by atoms with E-state index in [0.717, 1.165) is 19.6 Å². The Balaban J connectivity index is 0.000000980. The standard InChI is InChI=1S/C10H17N3.2ClH/c1-2-13-8-7-12-10(13)9-3-5-11-6-4-9;;/h7-9,11H,2-6H2,1H3;2*1H. The highest BCUT2D eigenvalue weighted by Crippen LogP contribution is 2.23. The lowest BCUT2D eigenvalue weighted by Gasteiger charge is -2.22. The van der Waals surface area contributed by atoms with Crippen LogP contribution in [-0.2, 0) is 6.54 Å². The minimum Gasteiger partial charge on any atom is -0.335 e. The van der Waals surface area contributed by atoms with Crippen LogP contribution >= 0.6 is 24.8 Å². The monoisotopic (exact) mass is 251 g/mol. The first kappa shape index (κ1) is 14.8. The maximum absolute atomic E-state index is 4.45. The van der Waals surface area contributed by atoms with Gasteiger partial charge in [0.15, 0.2) is 0 Å². The molecule has 88 valence electrons. The molecule has 5 heteroatoms. The molecule has 0 atom stereocenters. The van der Waals surface area contributed by atoms with Crippen LogP contribution in [0.15, 0.2) is 12.4 Å². The minimum atomic E-state index is 0. The summed E-state index contributed by atoms with van der Waals surface area (Å²) in [6, 6.07) is 0. The number of nitrogens with zero attached hydrogens (tertiary/aromatic N) is 2. The maximum atomic E-state index is 4.45. The smallest absolute Gasteiger partial charge is 0.111 e. The zero-order chi connectivity index (χ0) is 9.10. The summed E-state index contributed by atoms with van der Waals surface area (Å²) in [5, 5.41) is 3.38. The Labute approximate surface area is 103 Å². The molecule has 1 saturated heterocycles. The zero-order valence-corrected chi connectivity index (χ0v) is 10.6. The van der Waals surface area contributed by atoms with Gasteiger partial charge in [0.2, 0.25) is 0 Å². The van der Waals surface area contributed by atoms with Crippen molar-refractivity contribution in [2.45, 2.75) is 32.2 Å². The highest BCUT2D eigenvalue weighted by molar-refractivity contribution is 5.85. The van der Waals surface area contributed by atoms with E-state index in [1.54, 1.807) is 0 Å². The van der Waals surface area contributed by atoms with E-state index in [2.05, 4.69) is 28.0 Å². The van der Waals surface area contributed by atoms with Crippen molar-refractivity contribution in [3.63, 3.8) is 0 Å². The van der Waals surface area contributed by atoms with E-state index in [1.165, 1.54) is 18.7 Å². The molecule has 0 spiro atoms. The van der Waals surface area contributed by atoms with Crippen molar-refractivity contribution in [1.82, 2.24) is 14.9 Å². The van der Waals surface area contributed by atoms with Gasteiger partial charge in [-0.05, 0) is 32.9 Å². The Morgan fingerprint density at radius 1 is 1.40 bits per heavy atom. The van der Waals surface area contributed by atoms with Crippen molar-refractivity contribution in [3.05, 3.63) is 18.2 Å². The summed E-state index contributed by atoms with van der Waals surface area (Å²) in [7, 11) is 0. The van der Waals surface area contributed by atoms with Crippen molar-refractivity contribution in [2.24, 2.45) is 0 Å². The van der Waals surface area contributed by atoms with Gasteiger partial charge < -0.3 is 9.88 Å². The first-order chi connectivity index (χ1) is 6.42. The van der Waals surface area contributed by atoms with Crippen LogP contribution in [0, 0.1) is 0 Å². The first-order valence-corrected chi connectivity index (χ1v) is 5.13. The molecule has 1 aliphatic rings. The average Bonchev–Trinajstić information content (AvgIpc) is 2.67. The number of nitrogens with one attached hydrogen (secondary N) is 1. The Kier molecular flexibility index (Phi) is 6.98. The van der Waals surface area contributed by atoms with Crippen LogP contribution in [-0.4, -0.2) is 22.6 Å². The van der Waals surface area contributed by atoms with E-state index in [-0.39, 0.29) is 24.8 Å². The molecule has 1 aromatic heterocycles. The van der Waals surface area contributed by atoms with E-state index >= 15 is 0 Å². The second-order valence-corrected chi connectivity index (χ2v) is 3.60. The van der Waals surface area contributed by atoms with Gasteiger partial charge in [-0.2, -0.15) is 0 Å². The fraction of sp³-hybridized carbons (Fsp3) is 0.700. The Hall–Kier alpha value is -0.250. The molecule has 0 saturated carbocycles. The fourth-order valence-corrected chi connectivity index (χ4v) is 2.03. The highest BCUT2D eigenvalue weighted by atomic mass is 35.5. The molecular weight excluding hydrogens is 233 g/mol. The number of aromatic nitrogens is 2. The zero-order valence-electron chi connectivity index (χ0n) is 8.98. The van der Waals surface area contributed by atoms with E-state index < -0.39 is 0 Å². The number of rotatable bonds is 2. The van der Waals surface area contributed by atoms with Crippen LogP contribution in [0.3, 0.4) is 0 Å². The van der Waals surface area contributed by atoms with Crippen LogP contribution in [0.5, 0.6) is 0 Å². The lowest BCUT2D eigenvalue weighted by atomic mass is 9.97. The van der Waals surface area contributed by atoms with Gasteiger partial charge in [0.1, 0.15) is 5.82 Å². The summed E-state index contributed by atoms with van der Waals surface area (Å²) in [6.07, 6.45) is 6.46. The van der Waals surface area contributed by atoms with Crippen molar-refractivity contribution in [2.75, 3.05) is 13.1 Å². The molecule has 15 heavy (non-hydrogen) atoms.